The molecule has 2 N–H and O–H groups in total. The van der Waals surface area contributed by atoms with Crippen molar-refractivity contribution in [2.45, 2.75) is 11.4 Å². The lowest BCUT2D eigenvalue weighted by Gasteiger charge is -2.19. The molecule has 28 heavy (non-hydrogen) atoms. The number of nitrogens with one attached hydrogen (secondary N) is 2. The number of amides is 1. The highest BCUT2D eigenvalue weighted by Crippen LogP contribution is 2.22. The van der Waals surface area contributed by atoms with Crippen LogP contribution in [0.2, 0.25) is 0 Å². The molecule has 3 rings (SSSR count). The third kappa shape index (κ3) is 3.97. The van der Waals surface area contributed by atoms with Gasteiger partial charge >= 0.3 is 0 Å². The summed E-state index contributed by atoms with van der Waals surface area (Å²) in [5.41, 5.74) is 0.766. The Balaban J connectivity index is 1.80. The van der Waals surface area contributed by atoms with E-state index in [1.807, 2.05) is 6.07 Å². The Bertz CT molecular complexity index is 1150. The van der Waals surface area contributed by atoms with Crippen molar-refractivity contribution in [3.8, 4) is 0 Å². The van der Waals surface area contributed by atoms with Gasteiger partial charge < -0.3 is 9.88 Å². The van der Waals surface area contributed by atoms with Crippen LogP contribution in [0.5, 0.6) is 0 Å². The summed E-state index contributed by atoms with van der Waals surface area (Å²) in [6, 6.07) is 14.6. The SMILES string of the molecule is CN(c1ccccc1)S(=O)(=O)c1cccc(C(=O)NCc2n[nH]c(=S)n2C)c1. The number of para-hydroxylation sites is 1. The molecule has 146 valence electrons. The van der Waals surface area contributed by atoms with Crippen molar-refractivity contribution in [1.82, 2.24) is 20.1 Å². The van der Waals surface area contributed by atoms with Gasteiger partial charge in [0.2, 0.25) is 0 Å². The van der Waals surface area contributed by atoms with Crippen molar-refractivity contribution < 1.29 is 13.2 Å². The van der Waals surface area contributed by atoms with Gasteiger partial charge in [0.05, 0.1) is 17.1 Å². The van der Waals surface area contributed by atoms with E-state index in [2.05, 4.69) is 15.5 Å². The number of hydrogen-bond acceptors (Lipinski definition) is 5. The standard InChI is InChI=1S/C18H19N5O3S2/c1-22-16(20-21-18(22)27)12-19-17(24)13-7-6-10-15(11-13)28(25,26)23(2)14-8-4-3-5-9-14/h3-11H,12H2,1-2H3,(H,19,24)(H,21,27). The molecule has 8 nitrogen and oxygen atoms in total. The average molecular weight is 418 g/mol. The van der Waals surface area contributed by atoms with Crippen molar-refractivity contribution in [3.05, 3.63) is 70.8 Å². The number of hydrogen-bond donors (Lipinski definition) is 2. The molecule has 0 spiro atoms. The number of anilines is 1. The highest BCUT2D eigenvalue weighted by atomic mass is 32.2. The van der Waals surface area contributed by atoms with Crippen molar-refractivity contribution in [3.63, 3.8) is 0 Å². The van der Waals surface area contributed by atoms with E-state index in [1.165, 1.54) is 29.6 Å². The number of aromatic amines is 1. The van der Waals surface area contributed by atoms with Gasteiger partial charge in [-0.3, -0.25) is 14.2 Å². The Kier molecular flexibility index (Phi) is 5.61. The molecule has 0 unspecified atom stereocenters. The molecule has 0 radical (unpaired) electrons. The first kappa shape index (κ1) is 19.8. The predicted octanol–water partition coefficient (Wildman–Crippen LogP) is 2.23. The third-order valence-electron chi connectivity index (χ3n) is 4.25. The molecule has 1 aromatic heterocycles. The first-order valence-corrected chi connectivity index (χ1v) is 10.2. The fraction of sp³-hybridized carbons (Fsp3) is 0.167. The van der Waals surface area contributed by atoms with Crippen LogP contribution >= 0.6 is 12.2 Å². The zero-order chi connectivity index (χ0) is 20.3. The van der Waals surface area contributed by atoms with E-state index in [1.54, 1.807) is 41.9 Å². The summed E-state index contributed by atoms with van der Waals surface area (Å²) in [5, 5.41) is 9.37. The van der Waals surface area contributed by atoms with Crippen LogP contribution in [-0.2, 0) is 23.6 Å². The largest absolute Gasteiger partial charge is 0.345 e. The zero-order valence-electron chi connectivity index (χ0n) is 15.3. The molecule has 0 atom stereocenters. The maximum absolute atomic E-state index is 12.9. The smallest absolute Gasteiger partial charge is 0.264 e. The summed E-state index contributed by atoms with van der Waals surface area (Å²) >= 11 is 5.03. The molecule has 1 heterocycles. The van der Waals surface area contributed by atoms with Gasteiger partial charge in [-0.1, -0.05) is 24.3 Å². The fourth-order valence-electron chi connectivity index (χ4n) is 2.53. The predicted molar refractivity (Wildman–Crippen MR) is 108 cm³/mol. The molecule has 0 saturated carbocycles. The lowest BCUT2D eigenvalue weighted by Crippen LogP contribution is -2.27. The second-order valence-electron chi connectivity index (χ2n) is 6.02. The van der Waals surface area contributed by atoms with Crippen molar-refractivity contribution in [2.24, 2.45) is 7.05 Å². The zero-order valence-corrected chi connectivity index (χ0v) is 16.9. The first-order chi connectivity index (χ1) is 13.3. The summed E-state index contributed by atoms with van der Waals surface area (Å²) in [5.74, 6) is 0.152. The summed E-state index contributed by atoms with van der Waals surface area (Å²) in [4.78, 5) is 12.5. The summed E-state index contributed by atoms with van der Waals surface area (Å²) < 4.78 is 29.1. The maximum Gasteiger partial charge on any atom is 0.264 e. The van der Waals surface area contributed by atoms with E-state index in [-0.39, 0.29) is 17.0 Å². The minimum Gasteiger partial charge on any atom is -0.345 e. The Morgan fingerprint density at radius 2 is 1.93 bits per heavy atom. The van der Waals surface area contributed by atoms with E-state index in [0.717, 1.165) is 0 Å². The average Bonchev–Trinajstić information content (AvgIpc) is 3.04. The van der Waals surface area contributed by atoms with Gasteiger partial charge in [0.25, 0.3) is 15.9 Å². The highest BCUT2D eigenvalue weighted by molar-refractivity contribution is 7.92. The monoisotopic (exact) mass is 417 g/mol. The lowest BCUT2D eigenvalue weighted by molar-refractivity contribution is 0.0949. The molecule has 3 aromatic rings. The van der Waals surface area contributed by atoms with E-state index in [4.69, 9.17) is 12.2 Å². The Morgan fingerprint density at radius 1 is 1.21 bits per heavy atom. The number of carbonyl (C=O) groups excluding carboxylic acids is 1. The lowest BCUT2D eigenvalue weighted by atomic mass is 10.2. The van der Waals surface area contributed by atoms with Gasteiger partial charge in [-0.2, -0.15) is 5.10 Å². The number of rotatable bonds is 6. The number of sulfonamides is 1. The molecule has 0 bridgehead atoms. The number of nitrogens with zero attached hydrogens (tertiary/aromatic N) is 3. The van der Waals surface area contributed by atoms with Gasteiger partial charge in [0.15, 0.2) is 10.6 Å². The Hall–Kier alpha value is -2.98. The minimum atomic E-state index is -3.80. The molecule has 2 aromatic carbocycles. The van der Waals surface area contributed by atoms with Crippen LogP contribution in [0.4, 0.5) is 5.69 Å². The molecule has 0 aliphatic heterocycles. The van der Waals surface area contributed by atoms with Gasteiger partial charge in [0, 0.05) is 19.7 Å². The van der Waals surface area contributed by atoms with Gasteiger partial charge in [0.1, 0.15) is 0 Å². The normalized spacial score (nSPS) is 11.2. The molecular formula is C18H19N5O3S2. The second-order valence-corrected chi connectivity index (χ2v) is 8.38. The molecule has 10 heteroatoms. The van der Waals surface area contributed by atoms with Gasteiger partial charge in [-0.15, -0.1) is 0 Å². The fourth-order valence-corrected chi connectivity index (χ4v) is 3.92. The van der Waals surface area contributed by atoms with Gasteiger partial charge in [-0.05, 0) is 42.5 Å². The van der Waals surface area contributed by atoms with Crippen molar-refractivity contribution >= 4 is 33.8 Å². The Labute approximate surface area is 167 Å². The first-order valence-electron chi connectivity index (χ1n) is 8.33. The Morgan fingerprint density at radius 3 is 2.57 bits per heavy atom. The number of carbonyl (C=O) groups is 1. The molecule has 0 aliphatic rings. The molecule has 1 amide bonds. The topological polar surface area (TPSA) is 100 Å². The molecule has 0 fully saturated rings. The maximum atomic E-state index is 12.9. The van der Waals surface area contributed by atoms with Crippen LogP contribution in [0.3, 0.4) is 0 Å². The highest BCUT2D eigenvalue weighted by Gasteiger charge is 2.22. The van der Waals surface area contributed by atoms with Gasteiger partial charge in [-0.25, -0.2) is 8.42 Å². The molecule has 0 aliphatic carbocycles. The van der Waals surface area contributed by atoms with Crippen LogP contribution in [0.25, 0.3) is 0 Å². The number of benzene rings is 2. The summed E-state index contributed by atoms with van der Waals surface area (Å²) in [6.45, 7) is 0.156. The number of H-pyrrole nitrogens is 1. The van der Waals surface area contributed by atoms with Crippen LogP contribution in [-0.4, -0.2) is 36.1 Å². The van der Waals surface area contributed by atoms with E-state index in [9.17, 15) is 13.2 Å². The minimum absolute atomic E-state index is 0.0321. The van der Waals surface area contributed by atoms with Crippen LogP contribution < -0.4 is 9.62 Å². The molecular weight excluding hydrogens is 398 g/mol. The van der Waals surface area contributed by atoms with E-state index < -0.39 is 15.9 Å². The van der Waals surface area contributed by atoms with Crippen LogP contribution in [0, 0.1) is 4.77 Å². The van der Waals surface area contributed by atoms with Crippen LogP contribution in [0.15, 0.2) is 59.5 Å². The van der Waals surface area contributed by atoms with Crippen molar-refractivity contribution in [2.75, 3.05) is 11.4 Å². The summed E-state index contributed by atoms with van der Waals surface area (Å²) in [7, 11) is -0.591. The quantitative estimate of drug-likeness (QED) is 0.599. The summed E-state index contributed by atoms with van der Waals surface area (Å²) in [6.07, 6.45) is 0. The number of aromatic nitrogens is 3. The van der Waals surface area contributed by atoms with E-state index >= 15 is 0 Å². The van der Waals surface area contributed by atoms with Crippen molar-refractivity contribution in [1.29, 1.82) is 0 Å². The molecule has 0 saturated heterocycles. The van der Waals surface area contributed by atoms with Crippen LogP contribution in [0.1, 0.15) is 16.2 Å². The van der Waals surface area contributed by atoms with E-state index in [0.29, 0.717) is 16.3 Å². The second kappa shape index (κ2) is 7.95. The third-order valence-corrected chi connectivity index (χ3v) is 6.40.